The van der Waals surface area contributed by atoms with Crippen LogP contribution in [0.3, 0.4) is 0 Å². The second kappa shape index (κ2) is 11.5. The Hall–Kier alpha value is -1.67. The van der Waals surface area contributed by atoms with Crippen LogP contribution in [0.15, 0.2) is 52.7 Å². The van der Waals surface area contributed by atoms with E-state index in [2.05, 4.69) is 22.1 Å². The molecule has 2 rings (SSSR count). The number of benzene rings is 2. The van der Waals surface area contributed by atoms with Gasteiger partial charge in [-0.25, -0.2) is 0 Å². The molecule has 158 valence electrons. The molecule has 0 aromatic heterocycles. The van der Waals surface area contributed by atoms with Crippen molar-refractivity contribution in [3.05, 3.63) is 52.5 Å². The van der Waals surface area contributed by atoms with Crippen molar-refractivity contribution in [2.24, 2.45) is 10.2 Å². The van der Waals surface area contributed by atoms with Crippen LogP contribution in [0.4, 0.5) is 17.1 Å². The first-order chi connectivity index (χ1) is 13.8. The van der Waals surface area contributed by atoms with Crippen LogP contribution in [0.1, 0.15) is 32.6 Å². The average molecular weight is 458 g/mol. The van der Waals surface area contributed by atoms with Gasteiger partial charge < -0.3 is 4.90 Å². The van der Waals surface area contributed by atoms with Gasteiger partial charge in [-0.15, -0.1) is 5.11 Å². The molecule has 0 atom stereocenters. The first-order valence-corrected chi connectivity index (χ1v) is 11.8. The normalized spacial score (nSPS) is 11.9. The molecule has 0 radical (unpaired) electrons. The van der Waals surface area contributed by atoms with Crippen LogP contribution >= 0.6 is 23.2 Å². The molecule has 2 aromatic rings. The molecular weight excluding hydrogens is 433 g/mol. The molecule has 1 N–H and O–H groups in total. The molecule has 0 amide bonds. The molecule has 0 aliphatic heterocycles. The maximum atomic E-state index is 10.9. The van der Waals surface area contributed by atoms with Crippen LogP contribution in [-0.2, 0) is 10.1 Å². The van der Waals surface area contributed by atoms with Gasteiger partial charge in [0.25, 0.3) is 10.1 Å². The number of azo groups is 1. The monoisotopic (exact) mass is 457 g/mol. The van der Waals surface area contributed by atoms with E-state index in [1.165, 1.54) is 0 Å². The lowest BCUT2D eigenvalue weighted by molar-refractivity contribution is 0.480. The molecule has 9 heteroatoms. The van der Waals surface area contributed by atoms with Crippen molar-refractivity contribution in [2.75, 3.05) is 23.7 Å². The Morgan fingerprint density at radius 3 is 2.31 bits per heavy atom. The molecule has 6 nitrogen and oxygen atoms in total. The van der Waals surface area contributed by atoms with Gasteiger partial charge in [-0.3, -0.25) is 4.55 Å². The molecule has 0 bridgehead atoms. The van der Waals surface area contributed by atoms with Gasteiger partial charge in [-0.2, -0.15) is 13.5 Å². The van der Waals surface area contributed by atoms with E-state index < -0.39 is 10.1 Å². The maximum absolute atomic E-state index is 10.9. The van der Waals surface area contributed by atoms with E-state index >= 15 is 0 Å². The van der Waals surface area contributed by atoms with Crippen LogP contribution in [0.5, 0.6) is 0 Å². The Bertz CT molecular complexity index is 919. The molecule has 0 aliphatic rings. The Balaban J connectivity index is 2.03. The highest BCUT2D eigenvalue weighted by atomic mass is 35.5. The first kappa shape index (κ1) is 23.6. The number of anilines is 1. The van der Waals surface area contributed by atoms with E-state index in [1.807, 2.05) is 24.3 Å². The van der Waals surface area contributed by atoms with E-state index in [4.69, 9.17) is 27.8 Å². The zero-order valence-electron chi connectivity index (χ0n) is 16.3. The Morgan fingerprint density at radius 1 is 0.966 bits per heavy atom. The Kier molecular flexibility index (Phi) is 9.36. The van der Waals surface area contributed by atoms with Gasteiger partial charge in [0.2, 0.25) is 0 Å². The fraction of sp³-hybridized carbons (Fsp3) is 0.400. The third-order valence-corrected chi connectivity index (χ3v) is 5.62. The van der Waals surface area contributed by atoms with Gasteiger partial charge in [0.1, 0.15) is 5.69 Å². The predicted molar refractivity (Wildman–Crippen MR) is 120 cm³/mol. The summed E-state index contributed by atoms with van der Waals surface area (Å²) >= 11 is 12.1. The van der Waals surface area contributed by atoms with E-state index in [9.17, 15) is 8.42 Å². The SMILES string of the molecule is CCCCN(CCCCS(=O)(=O)O)c1ccc(N=Nc2cc(Cl)ccc2Cl)cc1. The van der Waals surface area contributed by atoms with Crippen molar-refractivity contribution in [3.63, 3.8) is 0 Å². The van der Waals surface area contributed by atoms with E-state index in [1.54, 1.807) is 18.2 Å². The zero-order valence-corrected chi connectivity index (χ0v) is 18.6. The van der Waals surface area contributed by atoms with Crippen molar-refractivity contribution in [1.82, 2.24) is 0 Å². The second-order valence-corrected chi connectivity index (χ2v) is 9.06. The number of rotatable bonds is 11. The van der Waals surface area contributed by atoms with Crippen molar-refractivity contribution in [2.45, 2.75) is 32.6 Å². The fourth-order valence-corrected chi connectivity index (χ4v) is 3.60. The lowest BCUT2D eigenvalue weighted by atomic mass is 10.2. The molecule has 0 unspecified atom stereocenters. The highest BCUT2D eigenvalue weighted by Crippen LogP contribution is 2.30. The van der Waals surface area contributed by atoms with Crippen LogP contribution in [0.2, 0.25) is 10.0 Å². The Labute approximate surface area is 182 Å². The third kappa shape index (κ3) is 8.70. The minimum absolute atomic E-state index is 0.208. The van der Waals surface area contributed by atoms with Crippen molar-refractivity contribution >= 4 is 50.4 Å². The van der Waals surface area contributed by atoms with Crippen molar-refractivity contribution in [3.8, 4) is 0 Å². The number of hydrogen-bond donors (Lipinski definition) is 1. The minimum atomic E-state index is -3.90. The van der Waals surface area contributed by atoms with Crippen molar-refractivity contribution < 1.29 is 13.0 Å². The summed E-state index contributed by atoms with van der Waals surface area (Å²) in [5.74, 6) is -0.208. The summed E-state index contributed by atoms with van der Waals surface area (Å²) in [5.41, 5.74) is 2.23. The van der Waals surface area contributed by atoms with E-state index in [0.717, 1.165) is 25.1 Å². The summed E-state index contributed by atoms with van der Waals surface area (Å²) < 4.78 is 30.6. The topological polar surface area (TPSA) is 82.3 Å². The molecule has 0 heterocycles. The molecule has 0 saturated heterocycles. The third-order valence-electron chi connectivity index (χ3n) is 4.26. The van der Waals surface area contributed by atoms with Gasteiger partial charge in [0, 0.05) is 23.8 Å². The van der Waals surface area contributed by atoms with Gasteiger partial charge in [0.15, 0.2) is 0 Å². The number of hydrogen-bond acceptors (Lipinski definition) is 5. The highest BCUT2D eigenvalue weighted by Gasteiger charge is 2.09. The van der Waals surface area contributed by atoms with E-state index in [0.29, 0.717) is 40.8 Å². The molecule has 29 heavy (non-hydrogen) atoms. The molecular formula is C20H25Cl2N3O3S. The summed E-state index contributed by atoms with van der Waals surface area (Å²) in [4.78, 5) is 2.21. The summed E-state index contributed by atoms with van der Waals surface area (Å²) in [6, 6.07) is 12.7. The largest absolute Gasteiger partial charge is 0.372 e. The molecule has 0 spiro atoms. The smallest absolute Gasteiger partial charge is 0.264 e. The number of nitrogens with zero attached hydrogens (tertiary/aromatic N) is 3. The predicted octanol–water partition coefficient (Wildman–Crippen LogP) is 6.68. The first-order valence-electron chi connectivity index (χ1n) is 9.45. The van der Waals surface area contributed by atoms with Gasteiger partial charge in [0.05, 0.1) is 16.5 Å². The highest BCUT2D eigenvalue weighted by molar-refractivity contribution is 7.85. The zero-order chi connectivity index (χ0) is 21.3. The minimum Gasteiger partial charge on any atom is -0.372 e. The average Bonchev–Trinajstić information content (AvgIpc) is 2.68. The molecule has 0 fully saturated rings. The van der Waals surface area contributed by atoms with Gasteiger partial charge in [-0.05, 0) is 61.7 Å². The number of unbranched alkanes of at least 4 members (excludes halogenated alkanes) is 2. The second-order valence-electron chi connectivity index (χ2n) is 6.65. The molecule has 0 aliphatic carbocycles. The van der Waals surface area contributed by atoms with Crippen LogP contribution in [0, 0.1) is 0 Å². The molecule has 2 aromatic carbocycles. The number of halogens is 2. The van der Waals surface area contributed by atoms with Crippen LogP contribution in [0.25, 0.3) is 0 Å². The summed E-state index contributed by atoms with van der Waals surface area (Å²) in [7, 11) is -3.90. The fourth-order valence-electron chi connectivity index (χ4n) is 2.71. The summed E-state index contributed by atoms with van der Waals surface area (Å²) in [6.07, 6.45) is 3.20. The van der Waals surface area contributed by atoms with Crippen LogP contribution in [-0.4, -0.2) is 31.8 Å². The summed E-state index contributed by atoms with van der Waals surface area (Å²) in [5, 5.41) is 9.39. The van der Waals surface area contributed by atoms with Gasteiger partial charge >= 0.3 is 0 Å². The summed E-state index contributed by atoms with van der Waals surface area (Å²) in [6.45, 7) is 3.72. The van der Waals surface area contributed by atoms with E-state index in [-0.39, 0.29) is 5.75 Å². The quantitative estimate of drug-likeness (QED) is 0.231. The van der Waals surface area contributed by atoms with Gasteiger partial charge in [-0.1, -0.05) is 36.5 Å². The lowest BCUT2D eigenvalue weighted by Gasteiger charge is -2.24. The van der Waals surface area contributed by atoms with Crippen molar-refractivity contribution in [1.29, 1.82) is 0 Å². The van der Waals surface area contributed by atoms with Crippen LogP contribution < -0.4 is 4.90 Å². The standard InChI is InChI=1S/C20H25Cl2N3O3S/c1-2-3-12-25(13-4-5-14-29(26,27)28)18-9-7-17(8-10-18)23-24-20-15-16(21)6-11-19(20)22/h6-11,15H,2-5,12-14H2,1H3,(H,26,27,28). The maximum Gasteiger partial charge on any atom is 0.264 e. The molecule has 0 saturated carbocycles. The lowest BCUT2D eigenvalue weighted by Crippen LogP contribution is -2.26. The Morgan fingerprint density at radius 2 is 1.66 bits per heavy atom.